The van der Waals surface area contributed by atoms with Crippen LogP contribution in [0.1, 0.15) is 20.7 Å². The molecule has 2 aromatic rings. The minimum absolute atomic E-state index is 0.432. The SMILES string of the molecule is O=CC(O)C(O)(C(=O)c1cc(O)c(O)c(O)c1)C(O)C(O)C(O)C(=O)c1cc(O)c(O)c(O)c1. The Balaban J connectivity index is 2.47. The van der Waals surface area contributed by atoms with Crippen molar-refractivity contribution in [2.75, 3.05) is 0 Å². The Hall–Kier alpha value is -3.95. The maximum Gasteiger partial charge on any atom is 0.200 e. The highest BCUT2D eigenvalue weighted by atomic mass is 16.4. The first-order valence-electron chi connectivity index (χ1n) is 9.17. The first kappa shape index (κ1) is 26.3. The van der Waals surface area contributed by atoms with E-state index in [1.165, 1.54) is 0 Å². The van der Waals surface area contributed by atoms with Crippen molar-refractivity contribution >= 4 is 17.9 Å². The third-order valence-corrected chi connectivity index (χ3v) is 5.00. The van der Waals surface area contributed by atoms with Crippen LogP contribution in [0.2, 0.25) is 0 Å². The lowest BCUT2D eigenvalue weighted by molar-refractivity contribution is -0.166. The van der Waals surface area contributed by atoms with Crippen LogP contribution < -0.4 is 0 Å². The number of carbonyl (C=O) groups is 3. The molecule has 14 heteroatoms. The standard InChI is InChI=1S/C20H20O14/c21-5-12(26)20(34,18(32)7-3-10(24)15(29)11(25)4-7)19(33)17(31)16(30)13(27)6-1-8(22)14(28)9(23)2-6/h1-5,12,16-17,19,22-26,28-31,33-34H. The minimum Gasteiger partial charge on any atom is -0.504 e. The van der Waals surface area contributed by atoms with Gasteiger partial charge in [-0.2, -0.15) is 0 Å². The summed E-state index contributed by atoms with van der Waals surface area (Å²) in [6.07, 6.45) is -11.7. The van der Waals surface area contributed by atoms with Gasteiger partial charge in [0, 0.05) is 11.1 Å². The van der Waals surface area contributed by atoms with E-state index < -0.39 is 93.5 Å². The van der Waals surface area contributed by atoms with Crippen molar-refractivity contribution in [2.24, 2.45) is 0 Å². The average molecular weight is 484 g/mol. The number of carbonyl (C=O) groups excluding carboxylic acids is 3. The molecule has 0 saturated heterocycles. The van der Waals surface area contributed by atoms with E-state index in [4.69, 9.17) is 0 Å². The highest BCUT2D eigenvalue weighted by Gasteiger charge is 2.54. The van der Waals surface area contributed by atoms with Crippen LogP contribution in [0, 0.1) is 0 Å². The largest absolute Gasteiger partial charge is 0.504 e. The molecule has 0 aromatic heterocycles. The van der Waals surface area contributed by atoms with Crippen molar-refractivity contribution in [2.45, 2.75) is 30.0 Å². The second-order valence-corrected chi connectivity index (χ2v) is 7.21. The third kappa shape index (κ3) is 4.43. The molecule has 184 valence electrons. The molecule has 0 spiro atoms. The van der Waals surface area contributed by atoms with Crippen LogP contribution in [0.3, 0.4) is 0 Å². The van der Waals surface area contributed by atoms with Gasteiger partial charge in [-0.15, -0.1) is 0 Å². The summed E-state index contributed by atoms with van der Waals surface area (Å²) < 4.78 is 0. The fraction of sp³-hybridized carbons (Fsp3) is 0.250. The molecule has 34 heavy (non-hydrogen) atoms. The molecule has 5 unspecified atom stereocenters. The number of benzene rings is 2. The molecule has 0 heterocycles. The Bertz CT molecular complexity index is 1080. The van der Waals surface area contributed by atoms with Crippen molar-refractivity contribution in [3.8, 4) is 34.5 Å². The molecule has 0 aliphatic carbocycles. The summed E-state index contributed by atoms with van der Waals surface area (Å²) in [6.45, 7) is 0. The number of aliphatic hydroxyl groups excluding tert-OH is 4. The van der Waals surface area contributed by atoms with Crippen LogP contribution in [-0.2, 0) is 4.79 Å². The van der Waals surface area contributed by atoms with Crippen molar-refractivity contribution in [1.29, 1.82) is 0 Å². The molecule has 0 radical (unpaired) electrons. The van der Waals surface area contributed by atoms with Gasteiger partial charge in [0.25, 0.3) is 0 Å². The highest BCUT2D eigenvalue weighted by molar-refractivity contribution is 6.06. The van der Waals surface area contributed by atoms with E-state index in [1.807, 2.05) is 0 Å². The molecule has 5 atom stereocenters. The molecule has 0 fully saturated rings. The van der Waals surface area contributed by atoms with Crippen LogP contribution in [0.5, 0.6) is 34.5 Å². The molecule has 0 aliphatic rings. The van der Waals surface area contributed by atoms with Crippen LogP contribution in [0.25, 0.3) is 0 Å². The fourth-order valence-electron chi connectivity index (χ4n) is 3.02. The molecule has 2 aromatic carbocycles. The zero-order valence-electron chi connectivity index (χ0n) is 16.8. The van der Waals surface area contributed by atoms with Crippen molar-refractivity contribution < 1.29 is 70.6 Å². The summed E-state index contributed by atoms with van der Waals surface area (Å²) >= 11 is 0. The van der Waals surface area contributed by atoms with Gasteiger partial charge in [-0.3, -0.25) is 9.59 Å². The zero-order valence-corrected chi connectivity index (χ0v) is 16.8. The first-order valence-corrected chi connectivity index (χ1v) is 9.17. The zero-order chi connectivity index (χ0) is 26.1. The van der Waals surface area contributed by atoms with Gasteiger partial charge in [-0.05, 0) is 24.3 Å². The lowest BCUT2D eigenvalue weighted by Gasteiger charge is -2.36. The number of rotatable bonds is 9. The van der Waals surface area contributed by atoms with Gasteiger partial charge < -0.3 is 61.0 Å². The van der Waals surface area contributed by atoms with Gasteiger partial charge in [0.2, 0.25) is 5.78 Å². The fourth-order valence-corrected chi connectivity index (χ4v) is 3.02. The van der Waals surface area contributed by atoms with Crippen molar-refractivity contribution in [1.82, 2.24) is 0 Å². The summed E-state index contributed by atoms with van der Waals surface area (Å²) in [5, 5.41) is 108. The molecule has 2 rings (SSSR count). The topological polar surface area (TPSA) is 274 Å². The predicted octanol–water partition coefficient (Wildman–Crippen LogP) is -2.64. The Labute approximate surface area is 189 Å². The summed E-state index contributed by atoms with van der Waals surface area (Å²) in [5.41, 5.74) is -5.25. The van der Waals surface area contributed by atoms with Crippen molar-refractivity contribution in [3.63, 3.8) is 0 Å². The van der Waals surface area contributed by atoms with Gasteiger partial charge >= 0.3 is 0 Å². The Morgan fingerprint density at radius 1 is 0.735 bits per heavy atom. The van der Waals surface area contributed by atoms with Gasteiger partial charge in [0.1, 0.15) is 24.4 Å². The highest BCUT2D eigenvalue weighted by Crippen LogP contribution is 2.38. The third-order valence-electron chi connectivity index (χ3n) is 5.00. The van der Waals surface area contributed by atoms with E-state index in [0.29, 0.717) is 24.3 Å². The number of phenols is 6. The normalized spacial score (nSPS) is 16.6. The van der Waals surface area contributed by atoms with E-state index in [-0.39, 0.29) is 0 Å². The minimum atomic E-state index is -3.67. The number of aromatic hydroxyl groups is 6. The Morgan fingerprint density at radius 2 is 1.12 bits per heavy atom. The predicted molar refractivity (Wildman–Crippen MR) is 107 cm³/mol. The monoisotopic (exact) mass is 484 g/mol. The van der Waals surface area contributed by atoms with E-state index in [2.05, 4.69) is 0 Å². The van der Waals surface area contributed by atoms with Gasteiger partial charge in [-0.1, -0.05) is 0 Å². The average Bonchev–Trinajstić information content (AvgIpc) is 2.81. The Morgan fingerprint density at radius 3 is 1.50 bits per heavy atom. The lowest BCUT2D eigenvalue weighted by Crippen LogP contribution is -2.64. The number of phenolic OH excluding ortho intramolecular Hbond substituents is 6. The first-order chi connectivity index (χ1) is 15.7. The molecule has 11 N–H and O–H groups in total. The summed E-state index contributed by atoms with van der Waals surface area (Å²) in [5.74, 6) is -9.54. The lowest BCUT2D eigenvalue weighted by atomic mass is 9.79. The quantitative estimate of drug-likeness (QED) is 0.0986. The van der Waals surface area contributed by atoms with Crippen molar-refractivity contribution in [3.05, 3.63) is 35.4 Å². The number of hydrogen-bond donors (Lipinski definition) is 11. The molecule has 0 amide bonds. The van der Waals surface area contributed by atoms with Crippen LogP contribution in [0.4, 0.5) is 0 Å². The maximum absolute atomic E-state index is 12.8. The van der Waals surface area contributed by atoms with Crippen LogP contribution in [-0.4, -0.2) is 104 Å². The Kier molecular flexibility index (Phi) is 7.35. The second-order valence-electron chi connectivity index (χ2n) is 7.21. The van der Waals surface area contributed by atoms with E-state index in [9.17, 15) is 70.6 Å². The van der Waals surface area contributed by atoms with Crippen LogP contribution >= 0.6 is 0 Å². The number of Topliss-reactive ketones (excluding diaryl/α,β-unsaturated/α-hetero) is 2. The molecular formula is C20H20O14. The van der Waals surface area contributed by atoms with Crippen LogP contribution in [0.15, 0.2) is 24.3 Å². The van der Waals surface area contributed by atoms with Gasteiger partial charge in [0.15, 0.2) is 52.2 Å². The molecule has 0 bridgehead atoms. The second kappa shape index (κ2) is 9.50. The molecule has 14 nitrogen and oxygen atoms in total. The number of ketones is 2. The summed E-state index contributed by atoms with van der Waals surface area (Å²) in [7, 11) is 0. The smallest absolute Gasteiger partial charge is 0.200 e. The number of hydrogen-bond acceptors (Lipinski definition) is 14. The van der Waals surface area contributed by atoms with Gasteiger partial charge in [-0.25, -0.2) is 0 Å². The molecule has 0 aliphatic heterocycles. The van der Waals surface area contributed by atoms with E-state index >= 15 is 0 Å². The van der Waals surface area contributed by atoms with E-state index in [0.717, 1.165) is 0 Å². The summed E-state index contributed by atoms with van der Waals surface area (Å²) in [6, 6.07) is 2.09. The number of aliphatic hydroxyl groups is 5. The maximum atomic E-state index is 12.8. The van der Waals surface area contributed by atoms with E-state index in [1.54, 1.807) is 0 Å². The summed E-state index contributed by atoms with van der Waals surface area (Å²) in [4.78, 5) is 36.4. The number of aldehydes is 1. The molecule has 0 saturated carbocycles. The van der Waals surface area contributed by atoms with Gasteiger partial charge in [0.05, 0.1) is 0 Å². The molecular weight excluding hydrogens is 464 g/mol.